The Balaban J connectivity index is 1.68. The third-order valence-electron chi connectivity index (χ3n) is 9.51. The van der Waals surface area contributed by atoms with Crippen LogP contribution in [0.4, 0.5) is 0 Å². The molecule has 1 aromatic rings. The van der Waals surface area contributed by atoms with Crippen LogP contribution in [0.25, 0.3) is 0 Å². The van der Waals surface area contributed by atoms with Gasteiger partial charge in [-0.2, -0.15) is 0 Å². The molecule has 0 amide bonds. The molecule has 6 atom stereocenters. The second-order valence-electron chi connectivity index (χ2n) is 10.8. The van der Waals surface area contributed by atoms with E-state index in [1.807, 2.05) is 20.8 Å². The van der Waals surface area contributed by atoms with Crippen LogP contribution in [0.5, 0.6) is 11.5 Å². The van der Waals surface area contributed by atoms with E-state index in [-0.39, 0.29) is 28.6 Å². The van der Waals surface area contributed by atoms with Crippen molar-refractivity contribution in [2.24, 2.45) is 11.3 Å². The molecular weight excluding hydrogens is 366 g/mol. The Hall–Kier alpha value is -1.30. The molecule has 7 rings (SSSR count). The minimum Gasteiger partial charge on any atom is -0.504 e. The highest BCUT2D eigenvalue weighted by Gasteiger charge is 2.81. The second-order valence-corrected chi connectivity index (χ2v) is 10.8. The highest BCUT2D eigenvalue weighted by Crippen LogP contribution is 2.77. The van der Waals surface area contributed by atoms with Crippen LogP contribution >= 0.6 is 0 Å². The summed E-state index contributed by atoms with van der Waals surface area (Å²) < 4.78 is 13.4. The molecule has 3 saturated carbocycles. The summed E-state index contributed by atoms with van der Waals surface area (Å²) in [6.07, 6.45) is 4.85. The maximum absolute atomic E-state index is 11.3. The summed E-state index contributed by atoms with van der Waals surface area (Å²) in [6, 6.07) is 4.36. The lowest BCUT2D eigenvalue weighted by Crippen LogP contribution is -2.82. The van der Waals surface area contributed by atoms with Crippen molar-refractivity contribution in [3.05, 3.63) is 23.3 Å². The number of aromatic hydroxyl groups is 1. The third-order valence-corrected chi connectivity index (χ3v) is 9.51. The van der Waals surface area contributed by atoms with E-state index in [0.717, 1.165) is 38.6 Å². The molecule has 5 heteroatoms. The topological polar surface area (TPSA) is 62.2 Å². The predicted octanol–water partition coefficient (Wildman–Crippen LogP) is 3.00. The van der Waals surface area contributed by atoms with Gasteiger partial charge in [-0.25, -0.2) is 0 Å². The molecule has 5 nitrogen and oxygen atoms in total. The third kappa shape index (κ3) is 1.82. The fourth-order valence-corrected chi connectivity index (χ4v) is 8.68. The summed E-state index contributed by atoms with van der Waals surface area (Å²) >= 11 is 0. The number of piperidine rings is 1. The molecule has 6 aliphatic rings. The first kappa shape index (κ1) is 18.5. The highest BCUT2D eigenvalue weighted by atomic mass is 16.6. The van der Waals surface area contributed by atoms with Gasteiger partial charge in [0.1, 0.15) is 11.7 Å². The minimum atomic E-state index is -0.850. The van der Waals surface area contributed by atoms with Crippen LogP contribution in [0.3, 0.4) is 0 Å². The van der Waals surface area contributed by atoms with Gasteiger partial charge in [-0.3, -0.25) is 0 Å². The largest absolute Gasteiger partial charge is 0.504 e. The Labute approximate surface area is 173 Å². The van der Waals surface area contributed by atoms with Crippen molar-refractivity contribution in [2.75, 3.05) is 20.2 Å². The van der Waals surface area contributed by atoms with E-state index in [1.54, 1.807) is 6.07 Å². The van der Waals surface area contributed by atoms with E-state index in [9.17, 15) is 10.2 Å². The molecule has 1 saturated heterocycles. The monoisotopic (exact) mass is 399 g/mol. The number of benzene rings is 1. The number of rotatable bonds is 3. The number of phenolic OH excluding ortho intramolecular Hbond substituents is 1. The highest BCUT2D eigenvalue weighted by molar-refractivity contribution is 5.63. The van der Waals surface area contributed by atoms with Gasteiger partial charge in [0.2, 0.25) is 0 Å². The summed E-state index contributed by atoms with van der Waals surface area (Å²) in [6.45, 7) is 7.57. The van der Waals surface area contributed by atoms with E-state index >= 15 is 0 Å². The SMILES string of the molecule is CCO[C@@]12CC[C@@]3(C[C@@H]1C(C)(C)O)C1Cc4ccc(O)c5c4[C@@]3(CCN1C)[C@H]2O5. The van der Waals surface area contributed by atoms with Crippen molar-refractivity contribution in [1.82, 2.24) is 4.90 Å². The minimum absolute atomic E-state index is 0.00818. The summed E-state index contributed by atoms with van der Waals surface area (Å²) in [5.74, 6) is 0.960. The lowest BCUT2D eigenvalue weighted by Gasteiger charge is -2.74. The van der Waals surface area contributed by atoms with Gasteiger partial charge >= 0.3 is 0 Å². The summed E-state index contributed by atoms with van der Waals surface area (Å²) in [4.78, 5) is 2.55. The lowest BCUT2D eigenvalue weighted by molar-refractivity contribution is -0.304. The molecule has 1 unspecified atom stereocenters. The van der Waals surface area contributed by atoms with Crippen molar-refractivity contribution in [3.8, 4) is 11.5 Å². The Morgan fingerprint density at radius 1 is 1.28 bits per heavy atom. The van der Waals surface area contributed by atoms with Crippen LogP contribution in [-0.2, 0) is 16.6 Å². The normalized spacial score (nSPS) is 44.5. The molecule has 0 radical (unpaired) electrons. The van der Waals surface area contributed by atoms with Gasteiger partial charge < -0.3 is 24.6 Å². The molecule has 4 fully saturated rings. The van der Waals surface area contributed by atoms with E-state index in [1.165, 1.54) is 11.1 Å². The second kappa shape index (κ2) is 5.30. The molecule has 2 spiro atoms. The fourth-order valence-electron chi connectivity index (χ4n) is 8.68. The van der Waals surface area contributed by atoms with Crippen LogP contribution in [0, 0.1) is 11.3 Å². The van der Waals surface area contributed by atoms with Crippen molar-refractivity contribution in [1.29, 1.82) is 0 Å². The number of hydrogen-bond acceptors (Lipinski definition) is 5. The van der Waals surface area contributed by atoms with Gasteiger partial charge in [0.25, 0.3) is 0 Å². The van der Waals surface area contributed by atoms with Gasteiger partial charge in [-0.05, 0) is 78.1 Å². The van der Waals surface area contributed by atoms with Crippen molar-refractivity contribution >= 4 is 0 Å². The smallest absolute Gasteiger partial charge is 0.165 e. The zero-order chi connectivity index (χ0) is 20.4. The average molecular weight is 400 g/mol. The quantitative estimate of drug-likeness (QED) is 0.818. The van der Waals surface area contributed by atoms with Gasteiger partial charge in [0.05, 0.1) is 5.60 Å². The van der Waals surface area contributed by atoms with E-state index in [4.69, 9.17) is 9.47 Å². The molecule has 4 bridgehead atoms. The summed E-state index contributed by atoms with van der Waals surface area (Å²) in [5.41, 5.74) is 1.17. The van der Waals surface area contributed by atoms with Crippen LogP contribution in [0.15, 0.2) is 12.1 Å². The van der Waals surface area contributed by atoms with Crippen LogP contribution < -0.4 is 4.74 Å². The number of ether oxygens (including phenoxy) is 2. The maximum atomic E-state index is 11.3. The first-order valence-electron chi connectivity index (χ1n) is 11.3. The van der Waals surface area contributed by atoms with Crippen molar-refractivity contribution in [3.63, 3.8) is 0 Å². The van der Waals surface area contributed by atoms with Crippen molar-refractivity contribution in [2.45, 2.75) is 81.6 Å². The molecule has 4 aliphatic carbocycles. The van der Waals surface area contributed by atoms with Crippen molar-refractivity contribution < 1.29 is 19.7 Å². The molecule has 2 N–H and O–H groups in total. The molecule has 2 aliphatic heterocycles. The Kier molecular flexibility index (Phi) is 3.37. The Morgan fingerprint density at radius 2 is 2.07 bits per heavy atom. The van der Waals surface area contributed by atoms with E-state index in [2.05, 4.69) is 18.0 Å². The van der Waals surface area contributed by atoms with Gasteiger partial charge in [-0.15, -0.1) is 0 Å². The number of likely N-dealkylation sites (tertiary alicyclic amines) is 1. The first-order chi connectivity index (χ1) is 13.7. The first-order valence-corrected chi connectivity index (χ1v) is 11.3. The van der Waals surface area contributed by atoms with Crippen LogP contribution in [0.2, 0.25) is 0 Å². The molecule has 29 heavy (non-hydrogen) atoms. The molecule has 1 aromatic carbocycles. The summed E-state index contributed by atoms with van der Waals surface area (Å²) in [5, 5.41) is 22.1. The molecular formula is C24H33NO4. The Bertz CT molecular complexity index is 894. The Morgan fingerprint density at radius 3 is 2.79 bits per heavy atom. The lowest BCUT2D eigenvalue weighted by atomic mass is 9.34. The number of likely N-dealkylation sites (N-methyl/N-ethyl adjacent to an activating group) is 1. The van der Waals surface area contributed by atoms with Crippen LogP contribution in [-0.4, -0.2) is 58.7 Å². The zero-order valence-electron chi connectivity index (χ0n) is 18.0. The predicted molar refractivity (Wildman–Crippen MR) is 109 cm³/mol. The standard InChI is InChI=1S/C24H33NO4/c1-5-28-24-9-8-22(13-16(24)21(2,3)27)17-12-14-6-7-15(26)19-18(14)23(22,20(24)29-19)10-11-25(17)4/h6-7,16-17,20,26-27H,5,8-13H2,1-4H3/t16-,17?,20-,22-,23+,24+/m1/s1. The molecule has 158 valence electrons. The average Bonchev–Trinajstić information content (AvgIpc) is 3.04. The molecule has 2 heterocycles. The number of fused-ring (bicyclic) bond motifs is 2. The van der Waals surface area contributed by atoms with E-state index < -0.39 is 11.2 Å². The number of phenols is 1. The van der Waals surface area contributed by atoms with Crippen LogP contribution in [0.1, 0.15) is 57.6 Å². The van der Waals surface area contributed by atoms with Gasteiger partial charge in [-0.1, -0.05) is 6.07 Å². The number of hydrogen-bond donors (Lipinski definition) is 2. The number of nitrogens with zero attached hydrogens (tertiary/aromatic N) is 1. The number of aliphatic hydroxyl groups is 1. The maximum Gasteiger partial charge on any atom is 0.165 e. The van der Waals surface area contributed by atoms with E-state index in [0.29, 0.717) is 18.4 Å². The van der Waals surface area contributed by atoms with Gasteiger partial charge in [0.15, 0.2) is 11.5 Å². The zero-order valence-corrected chi connectivity index (χ0v) is 18.0. The van der Waals surface area contributed by atoms with Gasteiger partial charge in [0, 0.05) is 35.0 Å². The molecule has 0 aromatic heterocycles. The fraction of sp³-hybridized carbons (Fsp3) is 0.750. The summed E-state index contributed by atoms with van der Waals surface area (Å²) in [7, 11) is 2.27.